The van der Waals surface area contributed by atoms with Crippen molar-refractivity contribution in [2.45, 2.75) is 47.1 Å². The first-order valence-corrected chi connectivity index (χ1v) is 12.3. The molecule has 0 radical (unpaired) electrons. The molecular weight excluding hydrogens is 412 g/mol. The Kier molecular flexibility index (Phi) is 8.12. The maximum Gasteiger partial charge on any atom is 0.241 e. The molecule has 0 aliphatic heterocycles. The van der Waals surface area contributed by atoms with Crippen LogP contribution in [-0.2, 0) is 14.8 Å². The fourth-order valence-electron chi connectivity index (χ4n) is 3.88. The van der Waals surface area contributed by atoms with Gasteiger partial charge in [-0.3, -0.25) is 9.10 Å². The number of benzene rings is 2. The molecule has 170 valence electrons. The Morgan fingerprint density at radius 2 is 1.61 bits per heavy atom. The van der Waals surface area contributed by atoms with Gasteiger partial charge >= 0.3 is 0 Å². The first-order chi connectivity index (χ1) is 14.4. The van der Waals surface area contributed by atoms with Crippen molar-refractivity contribution >= 4 is 21.6 Å². The lowest BCUT2D eigenvalue weighted by atomic mass is 9.97. The number of nitrogens with zero attached hydrogens (tertiary/aromatic N) is 1. The Labute approximate surface area is 186 Å². The van der Waals surface area contributed by atoms with Gasteiger partial charge in [0.1, 0.15) is 12.3 Å². The molecule has 0 bridgehead atoms. The fourth-order valence-corrected chi connectivity index (χ4v) is 4.86. The first-order valence-electron chi connectivity index (χ1n) is 10.4. The minimum Gasteiger partial charge on any atom is -0.497 e. The summed E-state index contributed by atoms with van der Waals surface area (Å²) in [6, 6.07) is 11.2. The van der Waals surface area contributed by atoms with Gasteiger partial charge in [-0.1, -0.05) is 43.7 Å². The molecule has 2 aromatic rings. The lowest BCUT2D eigenvalue weighted by molar-refractivity contribution is -0.120. The van der Waals surface area contributed by atoms with Crippen molar-refractivity contribution in [2.24, 2.45) is 5.92 Å². The average Bonchev–Trinajstić information content (AvgIpc) is 2.65. The van der Waals surface area contributed by atoms with E-state index in [1.54, 1.807) is 7.11 Å². The number of ether oxygens (including phenoxy) is 1. The highest BCUT2D eigenvalue weighted by Crippen LogP contribution is 2.29. The van der Waals surface area contributed by atoms with Crippen molar-refractivity contribution in [3.05, 3.63) is 58.7 Å². The summed E-state index contributed by atoms with van der Waals surface area (Å²) in [6.07, 6.45) is 1.87. The molecule has 0 spiro atoms. The van der Waals surface area contributed by atoms with E-state index in [1.807, 2.05) is 57.2 Å². The lowest BCUT2D eigenvalue weighted by Gasteiger charge is -2.27. The highest BCUT2D eigenvalue weighted by molar-refractivity contribution is 7.92. The quantitative estimate of drug-likeness (QED) is 0.623. The number of nitrogens with one attached hydrogen (secondary N) is 1. The van der Waals surface area contributed by atoms with Gasteiger partial charge in [-0.15, -0.1) is 0 Å². The van der Waals surface area contributed by atoms with Gasteiger partial charge in [-0.2, -0.15) is 0 Å². The van der Waals surface area contributed by atoms with Crippen LogP contribution in [0.5, 0.6) is 5.75 Å². The monoisotopic (exact) mass is 446 g/mol. The van der Waals surface area contributed by atoms with Crippen molar-refractivity contribution in [2.75, 3.05) is 24.2 Å². The third-order valence-electron chi connectivity index (χ3n) is 5.13. The standard InChI is InChI=1S/C24H34N2O4S/c1-16(2)12-22(20-8-10-21(30-6)11-9-20)25-23(27)15-26(31(7,28)29)24-18(4)13-17(3)14-19(24)5/h8-11,13-14,16,22H,12,15H2,1-7H3,(H,25,27)/t22-/m1/s1. The number of carbonyl (C=O) groups is 1. The van der Waals surface area contributed by atoms with Crippen LogP contribution in [0.2, 0.25) is 0 Å². The molecule has 0 saturated heterocycles. The fraction of sp³-hybridized carbons (Fsp3) is 0.458. The van der Waals surface area contributed by atoms with Crippen molar-refractivity contribution in [1.29, 1.82) is 0 Å². The molecule has 1 amide bonds. The van der Waals surface area contributed by atoms with Crippen LogP contribution in [0.4, 0.5) is 5.69 Å². The minimum atomic E-state index is -3.65. The first kappa shape index (κ1) is 24.7. The van der Waals surface area contributed by atoms with E-state index in [0.717, 1.165) is 40.7 Å². The van der Waals surface area contributed by atoms with Gasteiger partial charge in [0.25, 0.3) is 0 Å². The van der Waals surface area contributed by atoms with E-state index >= 15 is 0 Å². The second kappa shape index (κ2) is 10.2. The van der Waals surface area contributed by atoms with Crippen molar-refractivity contribution in [3.63, 3.8) is 0 Å². The summed E-state index contributed by atoms with van der Waals surface area (Å²) in [7, 11) is -2.04. The SMILES string of the molecule is COc1ccc([C@@H](CC(C)C)NC(=O)CN(c2c(C)cc(C)cc2C)S(C)(=O)=O)cc1. The largest absolute Gasteiger partial charge is 0.497 e. The van der Waals surface area contributed by atoms with E-state index in [9.17, 15) is 13.2 Å². The number of hydrogen-bond donors (Lipinski definition) is 1. The van der Waals surface area contributed by atoms with Crippen molar-refractivity contribution < 1.29 is 17.9 Å². The molecule has 0 aliphatic carbocycles. The normalized spacial score (nSPS) is 12.5. The molecular formula is C24H34N2O4S. The van der Waals surface area contributed by atoms with Crippen LogP contribution >= 0.6 is 0 Å². The molecule has 0 fully saturated rings. The molecule has 7 heteroatoms. The van der Waals surface area contributed by atoms with E-state index in [-0.39, 0.29) is 18.5 Å². The molecule has 0 saturated carbocycles. The van der Waals surface area contributed by atoms with Crippen LogP contribution in [0.1, 0.15) is 48.6 Å². The van der Waals surface area contributed by atoms with Gasteiger partial charge in [-0.05, 0) is 61.9 Å². The highest BCUT2D eigenvalue weighted by atomic mass is 32.2. The van der Waals surface area contributed by atoms with Crippen LogP contribution in [-0.4, -0.2) is 34.2 Å². The van der Waals surface area contributed by atoms with Crippen LogP contribution in [0.15, 0.2) is 36.4 Å². The van der Waals surface area contributed by atoms with E-state index in [1.165, 1.54) is 4.31 Å². The number of sulfonamides is 1. The van der Waals surface area contributed by atoms with Gasteiger partial charge in [0.15, 0.2) is 0 Å². The predicted molar refractivity (Wildman–Crippen MR) is 126 cm³/mol. The smallest absolute Gasteiger partial charge is 0.241 e. The third-order valence-corrected chi connectivity index (χ3v) is 6.25. The Balaban J connectivity index is 2.31. The second-order valence-electron chi connectivity index (χ2n) is 8.54. The zero-order chi connectivity index (χ0) is 23.3. The zero-order valence-electron chi connectivity index (χ0n) is 19.5. The number of carbonyl (C=O) groups excluding carboxylic acids is 1. The summed E-state index contributed by atoms with van der Waals surface area (Å²) < 4.78 is 31.6. The van der Waals surface area contributed by atoms with Crippen LogP contribution in [0.3, 0.4) is 0 Å². The maximum atomic E-state index is 13.0. The Morgan fingerprint density at radius 1 is 1.06 bits per heavy atom. The van der Waals surface area contributed by atoms with Crippen LogP contribution in [0.25, 0.3) is 0 Å². The Bertz CT molecular complexity index is 991. The highest BCUT2D eigenvalue weighted by Gasteiger charge is 2.26. The zero-order valence-corrected chi connectivity index (χ0v) is 20.3. The summed E-state index contributed by atoms with van der Waals surface area (Å²) >= 11 is 0. The summed E-state index contributed by atoms with van der Waals surface area (Å²) in [5, 5.41) is 3.04. The van der Waals surface area contributed by atoms with E-state index in [2.05, 4.69) is 19.2 Å². The second-order valence-corrected chi connectivity index (χ2v) is 10.4. The Hall–Kier alpha value is -2.54. The third kappa shape index (κ3) is 6.72. The molecule has 0 aliphatic rings. The number of anilines is 1. The summed E-state index contributed by atoms with van der Waals surface area (Å²) in [5.41, 5.74) is 4.21. The number of methoxy groups -OCH3 is 1. The minimum absolute atomic E-state index is 0.222. The topological polar surface area (TPSA) is 75.7 Å². The number of hydrogen-bond acceptors (Lipinski definition) is 4. The summed E-state index contributed by atoms with van der Waals surface area (Å²) in [4.78, 5) is 13.0. The van der Waals surface area contributed by atoms with Crippen LogP contribution < -0.4 is 14.4 Å². The molecule has 2 aromatic carbocycles. The summed E-state index contributed by atoms with van der Waals surface area (Å²) in [6.45, 7) is 9.60. The molecule has 31 heavy (non-hydrogen) atoms. The number of amides is 1. The predicted octanol–water partition coefficient (Wildman–Crippen LogP) is 4.29. The average molecular weight is 447 g/mol. The lowest BCUT2D eigenvalue weighted by Crippen LogP contribution is -2.42. The van der Waals surface area contributed by atoms with Gasteiger partial charge in [0, 0.05) is 0 Å². The van der Waals surface area contributed by atoms with Crippen LogP contribution in [0, 0.1) is 26.7 Å². The van der Waals surface area contributed by atoms with Gasteiger partial charge < -0.3 is 10.1 Å². The van der Waals surface area contributed by atoms with E-state index in [0.29, 0.717) is 11.6 Å². The molecule has 1 atom stereocenters. The molecule has 0 aromatic heterocycles. The van der Waals surface area contributed by atoms with Crippen molar-refractivity contribution in [1.82, 2.24) is 5.32 Å². The maximum absolute atomic E-state index is 13.0. The Morgan fingerprint density at radius 3 is 2.06 bits per heavy atom. The number of aryl methyl sites for hydroxylation is 3. The van der Waals surface area contributed by atoms with Gasteiger partial charge in [-0.25, -0.2) is 8.42 Å². The van der Waals surface area contributed by atoms with Crippen molar-refractivity contribution in [3.8, 4) is 5.75 Å². The molecule has 2 rings (SSSR count). The van der Waals surface area contributed by atoms with Gasteiger partial charge in [0.05, 0.1) is 25.1 Å². The van der Waals surface area contributed by atoms with E-state index < -0.39 is 10.0 Å². The number of rotatable bonds is 9. The summed E-state index contributed by atoms with van der Waals surface area (Å²) in [5.74, 6) is 0.748. The molecule has 0 unspecified atom stereocenters. The van der Waals surface area contributed by atoms with Gasteiger partial charge in [0.2, 0.25) is 15.9 Å². The molecule has 1 N–H and O–H groups in total. The molecule has 6 nitrogen and oxygen atoms in total. The molecule has 0 heterocycles. The van der Waals surface area contributed by atoms with E-state index in [4.69, 9.17) is 4.74 Å².